The zero-order valence-electron chi connectivity index (χ0n) is 15.1. The molecule has 1 amide bonds. The van der Waals surface area contributed by atoms with Crippen molar-refractivity contribution < 1.29 is 27.9 Å². The lowest BCUT2D eigenvalue weighted by atomic mass is 10.1. The van der Waals surface area contributed by atoms with Gasteiger partial charge in [-0.15, -0.1) is 0 Å². The number of carbonyl (C=O) groups excluding carboxylic acids is 1. The fourth-order valence-electron chi connectivity index (χ4n) is 3.02. The van der Waals surface area contributed by atoms with Gasteiger partial charge in [0.25, 0.3) is 0 Å². The molecule has 1 unspecified atom stereocenters. The van der Waals surface area contributed by atoms with Crippen molar-refractivity contribution in [3.63, 3.8) is 0 Å². The van der Waals surface area contributed by atoms with Crippen molar-refractivity contribution in [2.75, 3.05) is 37.6 Å². The maximum Gasteiger partial charge on any atom is 0.416 e. The molecule has 1 fully saturated rings. The van der Waals surface area contributed by atoms with E-state index in [4.69, 9.17) is 5.11 Å². The van der Waals surface area contributed by atoms with Crippen LogP contribution in [0, 0.1) is 0 Å². The number of alkyl halides is 3. The van der Waals surface area contributed by atoms with Gasteiger partial charge in [0.1, 0.15) is 6.04 Å². The van der Waals surface area contributed by atoms with Crippen molar-refractivity contribution in [1.82, 2.24) is 10.2 Å². The van der Waals surface area contributed by atoms with E-state index in [2.05, 4.69) is 5.32 Å². The molecular formula is C18H24F3N3O3. The first kappa shape index (κ1) is 21.0. The lowest BCUT2D eigenvalue weighted by Gasteiger charge is -2.36. The van der Waals surface area contributed by atoms with Crippen LogP contribution in [-0.4, -0.2) is 60.6 Å². The lowest BCUT2D eigenvalue weighted by Crippen LogP contribution is -2.52. The quantitative estimate of drug-likeness (QED) is 0.751. The average Bonchev–Trinajstić information content (AvgIpc) is 2.64. The molecule has 1 aromatic rings. The van der Waals surface area contributed by atoms with E-state index in [0.29, 0.717) is 44.7 Å². The first-order chi connectivity index (χ1) is 12.7. The van der Waals surface area contributed by atoms with E-state index in [1.54, 1.807) is 11.0 Å². The number of piperazine rings is 1. The van der Waals surface area contributed by atoms with Crippen LogP contribution in [0.15, 0.2) is 24.3 Å². The van der Waals surface area contributed by atoms with Gasteiger partial charge in [0.05, 0.1) is 12.1 Å². The molecule has 6 nitrogen and oxygen atoms in total. The Kier molecular flexibility index (Phi) is 7.06. The largest absolute Gasteiger partial charge is 0.480 e. The summed E-state index contributed by atoms with van der Waals surface area (Å²) in [4.78, 5) is 26.8. The number of hydrogen-bond acceptors (Lipinski definition) is 4. The highest BCUT2D eigenvalue weighted by molar-refractivity contribution is 5.80. The van der Waals surface area contributed by atoms with Crippen molar-refractivity contribution in [2.24, 2.45) is 0 Å². The predicted molar refractivity (Wildman–Crippen MR) is 94.6 cm³/mol. The van der Waals surface area contributed by atoms with Gasteiger partial charge < -0.3 is 14.9 Å². The van der Waals surface area contributed by atoms with Crippen LogP contribution in [-0.2, 0) is 15.8 Å². The van der Waals surface area contributed by atoms with Gasteiger partial charge in [-0.2, -0.15) is 13.2 Å². The van der Waals surface area contributed by atoms with E-state index in [-0.39, 0.29) is 12.5 Å². The van der Waals surface area contributed by atoms with Crippen molar-refractivity contribution in [2.45, 2.75) is 32.0 Å². The van der Waals surface area contributed by atoms with E-state index in [0.717, 1.165) is 12.1 Å². The smallest absolute Gasteiger partial charge is 0.416 e. The minimum atomic E-state index is -4.39. The molecule has 0 spiro atoms. The summed E-state index contributed by atoms with van der Waals surface area (Å²) < 4.78 is 38.5. The highest BCUT2D eigenvalue weighted by Crippen LogP contribution is 2.31. The fourth-order valence-corrected chi connectivity index (χ4v) is 3.02. The number of benzene rings is 1. The number of rotatable bonds is 7. The number of anilines is 1. The van der Waals surface area contributed by atoms with E-state index in [1.165, 1.54) is 6.07 Å². The third kappa shape index (κ3) is 5.85. The second-order valence-corrected chi connectivity index (χ2v) is 6.48. The summed E-state index contributed by atoms with van der Waals surface area (Å²) in [5, 5.41) is 11.8. The van der Waals surface area contributed by atoms with Crippen LogP contribution < -0.4 is 10.2 Å². The van der Waals surface area contributed by atoms with Crippen molar-refractivity contribution >= 4 is 17.6 Å². The van der Waals surface area contributed by atoms with Gasteiger partial charge in [-0.3, -0.25) is 14.9 Å². The average molecular weight is 387 g/mol. The maximum atomic E-state index is 12.8. The molecule has 1 aliphatic heterocycles. The Bertz CT molecular complexity index is 659. The second kappa shape index (κ2) is 9.07. The SMILES string of the molecule is CCCC(NCC(=O)N1CCN(c2cccc(C(F)(F)F)c2)CC1)C(=O)O. The maximum absolute atomic E-state index is 12.8. The first-order valence-electron chi connectivity index (χ1n) is 8.88. The van der Waals surface area contributed by atoms with Gasteiger partial charge >= 0.3 is 12.1 Å². The summed E-state index contributed by atoms with van der Waals surface area (Å²) in [6.07, 6.45) is -3.27. The van der Waals surface area contributed by atoms with Gasteiger partial charge in [-0.1, -0.05) is 19.4 Å². The van der Waals surface area contributed by atoms with Crippen LogP contribution in [0.4, 0.5) is 18.9 Å². The Labute approximate surface area is 155 Å². The molecule has 0 radical (unpaired) electrons. The molecule has 2 rings (SSSR count). The van der Waals surface area contributed by atoms with Crippen molar-refractivity contribution in [1.29, 1.82) is 0 Å². The summed E-state index contributed by atoms with van der Waals surface area (Å²) in [7, 11) is 0. The van der Waals surface area contributed by atoms with Gasteiger partial charge in [-0.05, 0) is 24.6 Å². The Morgan fingerprint density at radius 2 is 1.89 bits per heavy atom. The minimum Gasteiger partial charge on any atom is -0.480 e. The third-order valence-electron chi connectivity index (χ3n) is 4.55. The van der Waals surface area contributed by atoms with E-state index in [9.17, 15) is 22.8 Å². The number of carboxylic acid groups (broad SMARTS) is 1. The number of nitrogens with one attached hydrogen (secondary N) is 1. The number of carbonyl (C=O) groups is 2. The van der Waals surface area contributed by atoms with Crippen LogP contribution in [0.3, 0.4) is 0 Å². The molecule has 0 aromatic heterocycles. The highest BCUT2D eigenvalue weighted by atomic mass is 19.4. The fraction of sp³-hybridized carbons (Fsp3) is 0.556. The normalized spacial score (nSPS) is 16.3. The number of halogens is 3. The van der Waals surface area contributed by atoms with Crippen molar-refractivity contribution in [3.05, 3.63) is 29.8 Å². The van der Waals surface area contributed by atoms with Gasteiger partial charge in [0.2, 0.25) is 5.91 Å². The number of nitrogens with zero attached hydrogens (tertiary/aromatic N) is 2. The molecule has 0 bridgehead atoms. The van der Waals surface area contributed by atoms with Gasteiger partial charge in [0, 0.05) is 31.9 Å². The number of amides is 1. The van der Waals surface area contributed by atoms with E-state index in [1.807, 2.05) is 11.8 Å². The van der Waals surface area contributed by atoms with Crippen LogP contribution in [0.2, 0.25) is 0 Å². The topological polar surface area (TPSA) is 72.9 Å². The zero-order chi connectivity index (χ0) is 20.0. The molecule has 1 heterocycles. The summed E-state index contributed by atoms with van der Waals surface area (Å²) in [6.45, 7) is 3.40. The monoisotopic (exact) mass is 387 g/mol. The van der Waals surface area contributed by atoms with E-state index < -0.39 is 23.8 Å². The molecule has 150 valence electrons. The van der Waals surface area contributed by atoms with Crippen LogP contribution in [0.1, 0.15) is 25.3 Å². The molecule has 9 heteroatoms. The van der Waals surface area contributed by atoms with Gasteiger partial charge in [0.15, 0.2) is 0 Å². The summed E-state index contributed by atoms with van der Waals surface area (Å²) in [5.74, 6) is -1.19. The first-order valence-corrected chi connectivity index (χ1v) is 8.88. The van der Waals surface area contributed by atoms with Crippen molar-refractivity contribution in [3.8, 4) is 0 Å². The standard InChI is InChI=1S/C18H24F3N3O3/c1-2-4-15(17(26)27)22-12-16(25)24-9-7-23(8-10-24)14-6-3-5-13(11-14)18(19,20)21/h3,5-6,11,15,22H,2,4,7-10,12H2,1H3,(H,26,27). The Balaban J connectivity index is 1.88. The molecule has 1 atom stereocenters. The Hall–Kier alpha value is -2.29. The minimum absolute atomic E-state index is 0.0689. The zero-order valence-corrected chi connectivity index (χ0v) is 15.1. The highest BCUT2D eigenvalue weighted by Gasteiger charge is 2.31. The lowest BCUT2D eigenvalue weighted by molar-refractivity contribution is -0.140. The van der Waals surface area contributed by atoms with Gasteiger partial charge in [-0.25, -0.2) is 0 Å². The summed E-state index contributed by atoms with van der Waals surface area (Å²) in [5.41, 5.74) is -0.220. The van der Waals surface area contributed by atoms with E-state index >= 15 is 0 Å². The Morgan fingerprint density at radius 1 is 1.22 bits per heavy atom. The molecule has 1 aromatic carbocycles. The molecule has 2 N–H and O–H groups in total. The molecule has 0 saturated carbocycles. The number of carboxylic acids is 1. The summed E-state index contributed by atoms with van der Waals surface area (Å²) in [6, 6.07) is 4.38. The summed E-state index contributed by atoms with van der Waals surface area (Å²) >= 11 is 0. The van der Waals surface area contributed by atoms with Crippen LogP contribution >= 0.6 is 0 Å². The third-order valence-corrected chi connectivity index (χ3v) is 4.55. The number of aliphatic carboxylic acids is 1. The molecule has 1 aliphatic rings. The number of hydrogen-bond donors (Lipinski definition) is 2. The van der Waals surface area contributed by atoms with Crippen LogP contribution in [0.5, 0.6) is 0 Å². The molecule has 1 saturated heterocycles. The second-order valence-electron chi connectivity index (χ2n) is 6.48. The predicted octanol–water partition coefficient (Wildman–Crippen LogP) is 2.20. The molecule has 27 heavy (non-hydrogen) atoms. The van der Waals surface area contributed by atoms with Crippen LogP contribution in [0.25, 0.3) is 0 Å². The molecule has 0 aliphatic carbocycles. The molecular weight excluding hydrogens is 363 g/mol. The Morgan fingerprint density at radius 3 is 2.44 bits per heavy atom.